The van der Waals surface area contributed by atoms with E-state index in [0.717, 1.165) is 5.56 Å². The maximum absolute atomic E-state index is 14.5. The van der Waals surface area contributed by atoms with Gasteiger partial charge < -0.3 is 26.6 Å². The molecule has 0 saturated heterocycles. The monoisotopic (exact) mass is 809 g/mol. The molecule has 0 heterocycles. The average molecular weight is 810 g/mol. The van der Waals surface area contributed by atoms with Gasteiger partial charge in [0.25, 0.3) is 10.0 Å². The zero-order chi connectivity index (χ0) is 42.0. The number of aryl methyl sites for hydroxylation is 1. The Labute approximate surface area is 334 Å². The summed E-state index contributed by atoms with van der Waals surface area (Å²) in [5, 5.41) is 13.2. The van der Waals surface area contributed by atoms with Gasteiger partial charge in [-0.15, -0.1) is 0 Å². The molecule has 0 aromatic heterocycles. The van der Waals surface area contributed by atoms with Crippen LogP contribution in [0.25, 0.3) is 0 Å². The van der Waals surface area contributed by atoms with E-state index >= 15 is 0 Å². The molecule has 310 valence electrons. The van der Waals surface area contributed by atoms with E-state index in [0.29, 0.717) is 33.3 Å². The number of ether oxygens (including phenoxy) is 1. The number of ketones is 2. The van der Waals surface area contributed by atoms with Gasteiger partial charge in [-0.2, -0.15) is 9.37 Å². The van der Waals surface area contributed by atoms with Gasteiger partial charge in [-0.25, -0.2) is 18.0 Å². The zero-order valence-corrected chi connectivity index (χ0v) is 33.6. The second-order valence-corrected chi connectivity index (χ2v) is 15.8. The van der Waals surface area contributed by atoms with Gasteiger partial charge in [0.1, 0.15) is 18.7 Å². The third-order valence-electron chi connectivity index (χ3n) is 8.89. The molecule has 0 aliphatic rings. The lowest BCUT2D eigenvalue weighted by atomic mass is 9.94. The molecular weight excluding hydrogens is 755 g/mol. The van der Waals surface area contributed by atoms with Crippen molar-refractivity contribution in [1.82, 2.24) is 14.7 Å². The summed E-state index contributed by atoms with van der Waals surface area (Å²) < 4.78 is 34.3. The number of carboxylic acid groups (broad SMARTS) is 1. The van der Waals surface area contributed by atoms with Gasteiger partial charge in [0.05, 0.1) is 17.5 Å². The molecule has 0 aliphatic carbocycles. The molecule has 0 bridgehead atoms. The summed E-state index contributed by atoms with van der Waals surface area (Å²) >= 11 is 0. The van der Waals surface area contributed by atoms with Crippen molar-refractivity contribution in [3.63, 3.8) is 0 Å². The van der Waals surface area contributed by atoms with E-state index in [1.807, 2.05) is 0 Å². The van der Waals surface area contributed by atoms with Crippen LogP contribution in [0.5, 0.6) is 0 Å². The summed E-state index contributed by atoms with van der Waals surface area (Å²) in [5.74, 6) is -3.55. The molecule has 3 rings (SSSR count). The standard InChI is InChI=1S/C41H55N5O10S/c1-29(2)27-55-41(52)46(57(53,54)33-22-20-30(3)21-23-33)36(19-11-13-25-43)39(49)44-34(26-31-14-6-4-7-15-31)37(47)38(48)35(18-10-12-24-42)45(40(50)51)56-28-32-16-8-5-9-17-32/h4-9,14-17,20-23,29,34-36H,10-13,18-19,24-28,42-43H2,1-3H3,(H,44,49)(H,50,51)/t34-,35-,36+/m0/s1. The van der Waals surface area contributed by atoms with Crippen molar-refractivity contribution in [2.24, 2.45) is 17.4 Å². The number of hydrogen-bond donors (Lipinski definition) is 4. The molecule has 0 saturated carbocycles. The first-order chi connectivity index (χ1) is 27.2. The number of rotatable bonds is 24. The number of amides is 3. The molecule has 3 aromatic carbocycles. The van der Waals surface area contributed by atoms with Crippen LogP contribution in [-0.2, 0) is 47.0 Å². The molecule has 0 fully saturated rings. The van der Waals surface area contributed by atoms with Gasteiger partial charge in [-0.05, 0) is 87.7 Å². The number of unbranched alkanes of at least 4 members (excludes halogenated alkanes) is 2. The molecule has 0 spiro atoms. The molecule has 3 amide bonds. The number of sulfonamides is 1. The van der Waals surface area contributed by atoms with E-state index in [1.165, 1.54) is 12.1 Å². The Kier molecular flexibility index (Phi) is 18.8. The Hall–Kier alpha value is -5.16. The highest BCUT2D eigenvalue weighted by Gasteiger charge is 2.43. The Morgan fingerprint density at radius 1 is 0.754 bits per heavy atom. The minimum Gasteiger partial charge on any atom is -0.463 e. The second-order valence-electron chi connectivity index (χ2n) is 14.0. The summed E-state index contributed by atoms with van der Waals surface area (Å²) in [7, 11) is -4.74. The van der Waals surface area contributed by atoms with E-state index in [4.69, 9.17) is 21.0 Å². The number of nitrogens with one attached hydrogen (secondary N) is 1. The van der Waals surface area contributed by atoms with Gasteiger partial charge in [0, 0.05) is 6.42 Å². The minimum atomic E-state index is -4.74. The average Bonchev–Trinajstić information content (AvgIpc) is 3.19. The van der Waals surface area contributed by atoms with Crippen LogP contribution in [0.15, 0.2) is 89.8 Å². The first-order valence-corrected chi connectivity index (χ1v) is 20.4. The third-order valence-corrected chi connectivity index (χ3v) is 10.7. The lowest BCUT2D eigenvalue weighted by molar-refractivity contribution is -0.177. The summed E-state index contributed by atoms with van der Waals surface area (Å²) in [6.45, 7) is 5.34. The van der Waals surface area contributed by atoms with Crippen molar-refractivity contribution in [1.29, 1.82) is 0 Å². The van der Waals surface area contributed by atoms with Crippen LogP contribution in [0.3, 0.4) is 0 Å². The van der Waals surface area contributed by atoms with Gasteiger partial charge in [0.15, 0.2) is 0 Å². The van der Waals surface area contributed by atoms with Gasteiger partial charge >= 0.3 is 12.2 Å². The Bertz CT molecular complexity index is 1860. The number of Topliss-reactive ketones (excluding diaryl/α,β-unsaturated/α-hetero) is 2. The lowest BCUT2D eigenvalue weighted by Crippen LogP contribution is -2.57. The van der Waals surface area contributed by atoms with Crippen molar-refractivity contribution < 1.29 is 47.1 Å². The van der Waals surface area contributed by atoms with Crippen LogP contribution in [0.1, 0.15) is 69.1 Å². The van der Waals surface area contributed by atoms with Crippen LogP contribution in [0.4, 0.5) is 9.59 Å². The molecule has 57 heavy (non-hydrogen) atoms. The number of hydrogen-bond acceptors (Lipinski definition) is 11. The predicted octanol–water partition coefficient (Wildman–Crippen LogP) is 4.75. The number of benzene rings is 3. The topological polar surface area (TPSA) is 229 Å². The lowest BCUT2D eigenvalue weighted by Gasteiger charge is -2.31. The maximum Gasteiger partial charge on any atom is 0.432 e. The normalized spacial score (nSPS) is 12.9. The third kappa shape index (κ3) is 14.1. The van der Waals surface area contributed by atoms with E-state index < -0.39 is 57.8 Å². The summed E-state index contributed by atoms with van der Waals surface area (Å²) in [5.41, 5.74) is 13.3. The molecular formula is C41H55N5O10S. The van der Waals surface area contributed by atoms with Gasteiger partial charge in [-0.3, -0.25) is 19.2 Å². The SMILES string of the molecule is Cc1ccc(S(=O)(=O)N(C(=O)OCC(C)C)[C@H](CCCCN)C(=O)N[C@@H](Cc2ccccc2)C(=O)C(=O)[C@H](CCCCN)N(OCc2ccccc2)C(=O)O)cc1. The molecule has 3 atom stereocenters. The highest BCUT2D eigenvalue weighted by atomic mass is 32.2. The summed E-state index contributed by atoms with van der Waals surface area (Å²) in [6, 6.07) is 17.8. The maximum atomic E-state index is 14.5. The fraction of sp³-hybridized carbons (Fsp3) is 0.439. The smallest absolute Gasteiger partial charge is 0.432 e. The first kappa shape index (κ1) is 46.2. The molecule has 16 heteroatoms. The van der Waals surface area contributed by atoms with Crippen LogP contribution in [0.2, 0.25) is 0 Å². The van der Waals surface area contributed by atoms with E-state index in [9.17, 15) is 37.5 Å². The molecule has 15 nitrogen and oxygen atoms in total. The molecule has 3 aromatic rings. The molecule has 0 aliphatic heterocycles. The van der Waals surface area contributed by atoms with Crippen molar-refractivity contribution >= 4 is 39.7 Å². The van der Waals surface area contributed by atoms with Crippen molar-refractivity contribution in [3.8, 4) is 0 Å². The van der Waals surface area contributed by atoms with E-state index in [1.54, 1.807) is 93.6 Å². The predicted molar refractivity (Wildman–Crippen MR) is 213 cm³/mol. The van der Waals surface area contributed by atoms with Gasteiger partial charge in [-0.1, -0.05) is 92.2 Å². The Morgan fingerprint density at radius 2 is 1.30 bits per heavy atom. The highest BCUT2D eigenvalue weighted by molar-refractivity contribution is 7.89. The Morgan fingerprint density at radius 3 is 1.82 bits per heavy atom. The highest BCUT2D eigenvalue weighted by Crippen LogP contribution is 2.24. The van der Waals surface area contributed by atoms with Crippen molar-refractivity contribution in [3.05, 3.63) is 102 Å². The quantitative estimate of drug-likeness (QED) is 0.0546. The summed E-state index contributed by atoms with van der Waals surface area (Å²) in [6.07, 6.45) is -2.23. The number of carbonyl (C=O) groups excluding carboxylic acids is 4. The number of nitrogens with zero attached hydrogens (tertiary/aromatic N) is 2. The fourth-order valence-electron chi connectivity index (χ4n) is 5.85. The number of hydroxylamine groups is 2. The largest absolute Gasteiger partial charge is 0.463 e. The summed E-state index contributed by atoms with van der Waals surface area (Å²) in [4.78, 5) is 74.8. The van der Waals surface area contributed by atoms with Crippen molar-refractivity contribution in [2.75, 3.05) is 19.7 Å². The zero-order valence-electron chi connectivity index (χ0n) is 32.7. The van der Waals surface area contributed by atoms with Crippen LogP contribution < -0.4 is 16.8 Å². The van der Waals surface area contributed by atoms with E-state index in [-0.39, 0.29) is 69.2 Å². The molecule has 0 unspecified atom stereocenters. The number of nitrogens with two attached hydrogens (primary N) is 2. The second kappa shape index (κ2) is 23.2. The van der Waals surface area contributed by atoms with Crippen molar-refractivity contribution in [2.45, 2.75) is 95.3 Å². The fourth-order valence-corrected chi connectivity index (χ4v) is 7.34. The van der Waals surface area contributed by atoms with Crippen LogP contribution in [-0.4, -0.2) is 90.4 Å². The van der Waals surface area contributed by atoms with Crippen LogP contribution in [0, 0.1) is 12.8 Å². The minimum absolute atomic E-state index is 0.124. The van der Waals surface area contributed by atoms with E-state index in [2.05, 4.69) is 5.32 Å². The first-order valence-electron chi connectivity index (χ1n) is 19.0. The molecule has 0 radical (unpaired) electrons. The number of carbonyl (C=O) groups is 5. The van der Waals surface area contributed by atoms with Gasteiger partial charge in [0.2, 0.25) is 17.5 Å². The molecule has 6 N–H and O–H groups in total. The Balaban J connectivity index is 2.10. The van der Waals surface area contributed by atoms with Crippen LogP contribution >= 0.6 is 0 Å².